The van der Waals surface area contributed by atoms with Crippen LogP contribution in [0.4, 0.5) is 0 Å². The van der Waals surface area contributed by atoms with Crippen molar-refractivity contribution in [2.24, 2.45) is 17.5 Å². The molecule has 1 unspecified atom stereocenters. The van der Waals surface area contributed by atoms with E-state index in [0.717, 1.165) is 41.7 Å². The fourth-order valence-corrected chi connectivity index (χ4v) is 4.39. The third-order valence-electron chi connectivity index (χ3n) is 5.65. The predicted molar refractivity (Wildman–Crippen MR) is 118 cm³/mol. The fraction of sp³-hybridized carbons (Fsp3) is 0.571. The summed E-state index contributed by atoms with van der Waals surface area (Å²) in [7, 11) is 0. The highest BCUT2D eigenvalue weighted by Gasteiger charge is 2.33. The van der Waals surface area contributed by atoms with Gasteiger partial charge < -0.3 is 25.7 Å². The topological polar surface area (TPSA) is 96.8 Å². The molecule has 7 nitrogen and oxygen atoms in total. The second-order valence-corrected chi connectivity index (χ2v) is 9.06. The molecular formula is C21H32BrN5O2. The van der Waals surface area contributed by atoms with Gasteiger partial charge in [-0.15, -0.1) is 0 Å². The van der Waals surface area contributed by atoms with E-state index in [-0.39, 0.29) is 30.5 Å². The monoisotopic (exact) mass is 465 g/mol. The molecule has 0 aliphatic carbocycles. The first-order valence-corrected chi connectivity index (χ1v) is 11.0. The summed E-state index contributed by atoms with van der Waals surface area (Å²) in [5, 5.41) is 5.14. The summed E-state index contributed by atoms with van der Waals surface area (Å²) in [4.78, 5) is 14.4. The molecule has 0 saturated carbocycles. The normalized spacial score (nSPS) is 22.2. The van der Waals surface area contributed by atoms with Gasteiger partial charge >= 0.3 is 0 Å². The molecule has 0 aromatic heterocycles. The standard InChI is InChI=1S/C21H32BrN5O2/c1-13(2)27(24)10-15(23)12-29-19-5-4-17(22)16-6-8-25-18(20(16)19)11-26-9-7-14(3)21(26)28/h4-5,10,13-14,18,25H,6-9,11-12,23-24H2,1-3H3/b15-10-/t14?,18-/m1/s1. The molecule has 0 spiro atoms. The third-order valence-corrected chi connectivity index (χ3v) is 6.39. The average Bonchev–Trinajstić information content (AvgIpc) is 3.00. The molecule has 2 atom stereocenters. The largest absolute Gasteiger partial charge is 0.487 e. The molecule has 1 aromatic carbocycles. The number of halogens is 1. The van der Waals surface area contributed by atoms with Gasteiger partial charge in [0.15, 0.2) is 0 Å². The van der Waals surface area contributed by atoms with Crippen LogP contribution < -0.4 is 21.6 Å². The Labute approximate surface area is 181 Å². The Bertz CT molecular complexity index is 783. The van der Waals surface area contributed by atoms with Crippen LogP contribution in [0.25, 0.3) is 0 Å². The van der Waals surface area contributed by atoms with E-state index in [4.69, 9.17) is 16.3 Å². The number of ether oxygens (including phenoxy) is 1. The second kappa shape index (κ2) is 9.36. The highest BCUT2D eigenvalue weighted by Crippen LogP contribution is 2.37. The zero-order valence-electron chi connectivity index (χ0n) is 17.5. The lowest BCUT2D eigenvalue weighted by Crippen LogP contribution is -2.40. The van der Waals surface area contributed by atoms with Gasteiger partial charge in [0.2, 0.25) is 5.91 Å². The number of fused-ring (bicyclic) bond motifs is 1. The van der Waals surface area contributed by atoms with Gasteiger partial charge in [-0.25, -0.2) is 5.84 Å². The Hall–Kier alpha value is -1.77. The molecule has 3 rings (SSSR count). The molecule has 0 radical (unpaired) electrons. The molecule has 1 amide bonds. The summed E-state index contributed by atoms with van der Waals surface area (Å²) in [6, 6.07) is 4.17. The molecule has 2 aliphatic heterocycles. The maximum absolute atomic E-state index is 12.4. The highest BCUT2D eigenvalue weighted by atomic mass is 79.9. The molecule has 1 aromatic rings. The highest BCUT2D eigenvalue weighted by molar-refractivity contribution is 9.10. The van der Waals surface area contributed by atoms with Crippen LogP contribution in [0.1, 0.15) is 44.4 Å². The molecule has 1 fully saturated rings. The van der Waals surface area contributed by atoms with Gasteiger partial charge in [0, 0.05) is 41.3 Å². The number of nitrogens with zero attached hydrogens (tertiary/aromatic N) is 2. The molecule has 160 valence electrons. The second-order valence-electron chi connectivity index (χ2n) is 8.20. The number of carbonyl (C=O) groups is 1. The number of hydrogen-bond acceptors (Lipinski definition) is 6. The molecule has 2 aliphatic rings. The lowest BCUT2D eigenvalue weighted by molar-refractivity contribution is -0.130. The lowest BCUT2D eigenvalue weighted by atomic mass is 9.93. The fourth-order valence-electron chi connectivity index (χ4n) is 3.84. The number of hydrazine groups is 1. The van der Waals surface area contributed by atoms with E-state index in [2.05, 4.69) is 21.2 Å². The van der Waals surface area contributed by atoms with Crippen LogP contribution in [0.3, 0.4) is 0 Å². The van der Waals surface area contributed by atoms with Gasteiger partial charge in [-0.05, 0) is 50.9 Å². The Balaban J connectivity index is 1.80. The summed E-state index contributed by atoms with van der Waals surface area (Å²) < 4.78 is 7.18. The number of nitrogens with one attached hydrogen (secondary N) is 1. The number of nitrogens with two attached hydrogens (primary N) is 2. The van der Waals surface area contributed by atoms with Crippen LogP contribution in [0.5, 0.6) is 5.75 Å². The van der Waals surface area contributed by atoms with Crippen molar-refractivity contribution in [1.82, 2.24) is 15.2 Å². The first kappa shape index (κ1) is 21.9. The van der Waals surface area contributed by atoms with E-state index in [0.29, 0.717) is 12.2 Å². The summed E-state index contributed by atoms with van der Waals surface area (Å²) in [6.45, 7) is 8.58. The van der Waals surface area contributed by atoms with Crippen molar-refractivity contribution in [1.29, 1.82) is 0 Å². The van der Waals surface area contributed by atoms with Gasteiger partial charge in [0.1, 0.15) is 12.4 Å². The number of benzene rings is 1. The van der Waals surface area contributed by atoms with Crippen molar-refractivity contribution in [3.05, 3.63) is 39.6 Å². The van der Waals surface area contributed by atoms with Crippen molar-refractivity contribution in [2.45, 2.75) is 45.7 Å². The van der Waals surface area contributed by atoms with Gasteiger partial charge in [-0.3, -0.25) is 4.79 Å². The van der Waals surface area contributed by atoms with Gasteiger partial charge in [0.05, 0.1) is 11.7 Å². The quantitative estimate of drug-likeness (QED) is 0.422. The Morgan fingerprint density at radius 3 is 2.90 bits per heavy atom. The van der Waals surface area contributed by atoms with E-state index in [1.165, 1.54) is 5.56 Å². The van der Waals surface area contributed by atoms with Crippen molar-refractivity contribution in [2.75, 3.05) is 26.2 Å². The van der Waals surface area contributed by atoms with Crippen molar-refractivity contribution in [3.8, 4) is 5.75 Å². The maximum Gasteiger partial charge on any atom is 0.225 e. The third kappa shape index (κ3) is 5.05. The van der Waals surface area contributed by atoms with Crippen LogP contribution in [0.2, 0.25) is 0 Å². The summed E-state index contributed by atoms with van der Waals surface area (Å²) >= 11 is 3.68. The Morgan fingerprint density at radius 1 is 1.48 bits per heavy atom. The number of likely N-dealkylation sites (tertiary alicyclic amines) is 1. The minimum Gasteiger partial charge on any atom is -0.487 e. The zero-order chi connectivity index (χ0) is 21.1. The number of amides is 1. The SMILES string of the molecule is CC1CCN(C[C@H]2NCCc3c(Br)ccc(OC/C(N)=C/N(N)C(C)C)c32)C1=O. The molecule has 8 heteroatoms. The Kier molecular flexibility index (Phi) is 7.08. The molecular weight excluding hydrogens is 434 g/mol. The number of carbonyl (C=O) groups excluding carboxylic acids is 1. The lowest BCUT2D eigenvalue weighted by Gasteiger charge is -2.32. The average molecular weight is 466 g/mol. The minimum absolute atomic E-state index is 0.0346. The van der Waals surface area contributed by atoms with E-state index < -0.39 is 0 Å². The smallest absolute Gasteiger partial charge is 0.225 e. The summed E-state index contributed by atoms with van der Waals surface area (Å²) in [6.07, 6.45) is 3.53. The van der Waals surface area contributed by atoms with E-state index in [1.54, 1.807) is 11.2 Å². The Morgan fingerprint density at radius 2 is 2.24 bits per heavy atom. The van der Waals surface area contributed by atoms with Crippen LogP contribution in [0, 0.1) is 5.92 Å². The molecule has 2 heterocycles. The van der Waals surface area contributed by atoms with Crippen LogP contribution in [0.15, 0.2) is 28.5 Å². The van der Waals surface area contributed by atoms with E-state index in [9.17, 15) is 4.79 Å². The first-order valence-electron chi connectivity index (χ1n) is 10.2. The van der Waals surface area contributed by atoms with Crippen LogP contribution in [-0.2, 0) is 11.2 Å². The van der Waals surface area contributed by atoms with E-state index >= 15 is 0 Å². The van der Waals surface area contributed by atoms with Crippen molar-refractivity contribution >= 4 is 21.8 Å². The summed E-state index contributed by atoms with van der Waals surface area (Å²) in [5.74, 6) is 7.07. The van der Waals surface area contributed by atoms with Crippen molar-refractivity contribution in [3.63, 3.8) is 0 Å². The zero-order valence-corrected chi connectivity index (χ0v) is 19.0. The van der Waals surface area contributed by atoms with Crippen molar-refractivity contribution < 1.29 is 9.53 Å². The van der Waals surface area contributed by atoms with Gasteiger partial charge in [-0.2, -0.15) is 0 Å². The van der Waals surface area contributed by atoms with Gasteiger partial charge in [0.25, 0.3) is 0 Å². The number of rotatable bonds is 7. The summed E-state index contributed by atoms with van der Waals surface area (Å²) in [5.41, 5.74) is 9.00. The molecule has 29 heavy (non-hydrogen) atoms. The van der Waals surface area contributed by atoms with Crippen LogP contribution in [-0.4, -0.2) is 48.1 Å². The van der Waals surface area contributed by atoms with E-state index in [1.807, 2.05) is 37.8 Å². The van der Waals surface area contributed by atoms with Gasteiger partial charge in [-0.1, -0.05) is 22.9 Å². The molecule has 0 bridgehead atoms. The number of hydrogen-bond donors (Lipinski definition) is 3. The first-order chi connectivity index (χ1) is 13.8. The minimum atomic E-state index is 0.0346. The van der Waals surface area contributed by atoms with Crippen LogP contribution >= 0.6 is 15.9 Å². The predicted octanol–water partition coefficient (Wildman–Crippen LogP) is 2.27. The maximum atomic E-state index is 12.4. The molecule has 1 saturated heterocycles. The molecule has 5 N–H and O–H groups in total.